The van der Waals surface area contributed by atoms with E-state index in [0.29, 0.717) is 35.1 Å². The number of aryl methyl sites for hydroxylation is 3. The molecular formula is C28H32N6O4. The molecular weight excluding hydrogens is 484 g/mol. The normalized spacial score (nSPS) is 13.9. The lowest BCUT2D eigenvalue weighted by atomic mass is 10.1. The van der Waals surface area contributed by atoms with Crippen molar-refractivity contribution in [2.45, 2.75) is 72.0 Å². The van der Waals surface area contributed by atoms with Gasteiger partial charge in [-0.2, -0.15) is 0 Å². The Morgan fingerprint density at radius 1 is 1.03 bits per heavy atom. The summed E-state index contributed by atoms with van der Waals surface area (Å²) in [5.74, 6) is -0.509. The van der Waals surface area contributed by atoms with Crippen LogP contribution in [0.4, 0.5) is 5.69 Å². The molecule has 2 aromatic heterocycles. The molecule has 0 radical (unpaired) electrons. The van der Waals surface area contributed by atoms with Crippen LogP contribution in [-0.2, 0) is 17.9 Å². The third-order valence-corrected chi connectivity index (χ3v) is 6.98. The SMILES string of the molecule is CCCn1c(=O)c2ccc(C(=O)NC3CCCC3)cc2n2c(=O)n(CC(=O)Nc3cc(C)cc(C)c3)nc12. The van der Waals surface area contributed by atoms with E-state index in [1.807, 2.05) is 39.0 Å². The van der Waals surface area contributed by atoms with Gasteiger partial charge in [-0.1, -0.05) is 25.8 Å². The highest BCUT2D eigenvalue weighted by molar-refractivity contribution is 5.98. The molecule has 0 bridgehead atoms. The van der Waals surface area contributed by atoms with Crippen LogP contribution >= 0.6 is 0 Å². The van der Waals surface area contributed by atoms with Crippen molar-refractivity contribution in [3.05, 3.63) is 73.9 Å². The zero-order valence-corrected chi connectivity index (χ0v) is 21.9. The van der Waals surface area contributed by atoms with Crippen LogP contribution < -0.4 is 21.9 Å². The molecule has 1 aliphatic rings. The van der Waals surface area contributed by atoms with Gasteiger partial charge in [0.25, 0.3) is 11.5 Å². The molecule has 38 heavy (non-hydrogen) atoms. The highest BCUT2D eigenvalue weighted by atomic mass is 16.2. The van der Waals surface area contributed by atoms with E-state index in [-0.39, 0.29) is 29.8 Å². The summed E-state index contributed by atoms with van der Waals surface area (Å²) in [6, 6.07) is 10.6. The van der Waals surface area contributed by atoms with E-state index in [4.69, 9.17) is 0 Å². The fourth-order valence-corrected chi connectivity index (χ4v) is 5.31. The summed E-state index contributed by atoms with van der Waals surface area (Å²) in [5, 5.41) is 10.6. The lowest BCUT2D eigenvalue weighted by Gasteiger charge is -2.13. The number of aromatic nitrogens is 4. The van der Waals surface area contributed by atoms with Crippen LogP contribution in [0.3, 0.4) is 0 Å². The number of hydrogen-bond acceptors (Lipinski definition) is 5. The van der Waals surface area contributed by atoms with Gasteiger partial charge in [0.1, 0.15) is 6.54 Å². The van der Waals surface area contributed by atoms with Crippen LogP contribution in [0.15, 0.2) is 46.0 Å². The lowest BCUT2D eigenvalue weighted by molar-refractivity contribution is -0.117. The van der Waals surface area contributed by atoms with Crippen molar-refractivity contribution in [2.24, 2.45) is 0 Å². The molecule has 4 aromatic rings. The fourth-order valence-electron chi connectivity index (χ4n) is 5.31. The van der Waals surface area contributed by atoms with Crippen LogP contribution in [0.2, 0.25) is 0 Å². The first-order valence-electron chi connectivity index (χ1n) is 13.1. The van der Waals surface area contributed by atoms with Crippen LogP contribution in [-0.4, -0.2) is 36.6 Å². The van der Waals surface area contributed by atoms with E-state index in [9.17, 15) is 19.2 Å². The third kappa shape index (κ3) is 4.85. The van der Waals surface area contributed by atoms with Crippen LogP contribution in [0, 0.1) is 13.8 Å². The fraction of sp³-hybridized carbons (Fsp3) is 0.393. The van der Waals surface area contributed by atoms with E-state index in [1.165, 1.54) is 8.97 Å². The Morgan fingerprint density at radius 3 is 2.42 bits per heavy atom. The second kappa shape index (κ2) is 10.3. The molecule has 2 amide bonds. The quantitative estimate of drug-likeness (QED) is 0.391. The molecule has 2 aromatic carbocycles. The number of carbonyl (C=O) groups excluding carboxylic acids is 2. The van der Waals surface area contributed by atoms with Gasteiger partial charge in [0.05, 0.1) is 10.9 Å². The molecule has 0 spiro atoms. The standard InChI is InChI=1S/C28H32N6O4/c1-4-11-32-26(37)22-10-9-19(25(36)30-20-7-5-6-8-20)15-23(22)34-27(32)31-33(28(34)38)16-24(35)29-21-13-17(2)12-18(3)14-21/h9-10,12-15,20H,4-8,11,16H2,1-3H3,(H,29,35)(H,30,36). The van der Waals surface area contributed by atoms with Gasteiger partial charge in [0.15, 0.2) is 0 Å². The minimum atomic E-state index is -0.557. The van der Waals surface area contributed by atoms with Gasteiger partial charge in [-0.3, -0.25) is 19.0 Å². The predicted molar refractivity (Wildman–Crippen MR) is 146 cm³/mol. The molecule has 10 nitrogen and oxygen atoms in total. The summed E-state index contributed by atoms with van der Waals surface area (Å²) in [7, 11) is 0. The van der Waals surface area contributed by atoms with E-state index < -0.39 is 11.6 Å². The lowest BCUT2D eigenvalue weighted by Crippen LogP contribution is -2.33. The van der Waals surface area contributed by atoms with E-state index >= 15 is 0 Å². The van der Waals surface area contributed by atoms with Gasteiger partial charge in [0, 0.05) is 23.8 Å². The first-order valence-corrected chi connectivity index (χ1v) is 13.1. The number of amides is 2. The first kappa shape index (κ1) is 25.4. The zero-order valence-electron chi connectivity index (χ0n) is 21.9. The average molecular weight is 517 g/mol. The number of benzene rings is 2. The monoisotopic (exact) mass is 516 g/mol. The summed E-state index contributed by atoms with van der Waals surface area (Å²) >= 11 is 0. The molecule has 2 heterocycles. The topological polar surface area (TPSA) is 120 Å². The van der Waals surface area contributed by atoms with Crippen molar-refractivity contribution >= 4 is 34.2 Å². The summed E-state index contributed by atoms with van der Waals surface area (Å²) in [6.07, 6.45) is 4.72. The van der Waals surface area contributed by atoms with Crippen molar-refractivity contribution in [1.82, 2.24) is 24.1 Å². The molecule has 0 aliphatic heterocycles. The molecule has 1 aliphatic carbocycles. The van der Waals surface area contributed by atoms with Gasteiger partial charge < -0.3 is 10.6 Å². The second-order valence-corrected chi connectivity index (χ2v) is 10.1. The smallest absolute Gasteiger partial charge is 0.349 e. The molecule has 1 fully saturated rings. The molecule has 0 saturated heterocycles. The number of anilines is 1. The van der Waals surface area contributed by atoms with Crippen molar-refractivity contribution in [1.29, 1.82) is 0 Å². The summed E-state index contributed by atoms with van der Waals surface area (Å²) in [6.45, 7) is 5.84. The Balaban J connectivity index is 1.56. The number of hydrogen-bond donors (Lipinski definition) is 2. The van der Waals surface area contributed by atoms with Gasteiger partial charge in [0.2, 0.25) is 11.7 Å². The molecule has 10 heteroatoms. The number of nitrogens with one attached hydrogen (secondary N) is 2. The van der Waals surface area contributed by atoms with E-state index in [2.05, 4.69) is 15.7 Å². The van der Waals surface area contributed by atoms with Crippen molar-refractivity contribution in [3.63, 3.8) is 0 Å². The molecule has 2 N–H and O–H groups in total. The maximum absolute atomic E-state index is 13.5. The molecule has 1 saturated carbocycles. The van der Waals surface area contributed by atoms with Crippen LogP contribution in [0.1, 0.15) is 60.5 Å². The number of carbonyl (C=O) groups is 2. The second-order valence-electron chi connectivity index (χ2n) is 10.1. The largest absolute Gasteiger partial charge is 0.352 e. The van der Waals surface area contributed by atoms with Crippen LogP contribution in [0.25, 0.3) is 16.7 Å². The molecule has 0 unspecified atom stereocenters. The summed E-state index contributed by atoms with van der Waals surface area (Å²) < 4.78 is 3.83. The maximum Gasteiger partial charge on any atom is 0.352 e. The van der Waals surface area contributed by atoms with E-state index in [0.717, 1.165) is 41.5 Å². The maximum atomic E-state index is 13.5. The van der Waals surface area contributed by atoms with E-state index in [1.54, 1.807) is 18.2 Å². The van der Waals surface area contributed by atoms with Crippen LogP contribution in [0.5, 0.6) is 0 Å². The molecule has 0 atom stereocenters. The number of rotatable bonds is 7. The highest BCUT2D eigenvalue weighted by Gasteiger charge is 2.22. The minimum Gasteiger partial charge on any atom is -0.349 e. The van der Waals surface area contributed by atoms with Gasteiger partial charge >= 0.3 is 5.69 Å². The molecule has 198 valence electrons. The Hall–Kier alpha value is -4.21. The molecule has 5 rings (SSSR count). The Kier molecular flexibility index (Phi) is 6.88. The predicted octanol–water partition coefficient (Wildman–Crippen LogP) is 3.15. The van der Waals surface area contributed by atoms with Gasteiger partial charge in [-0.05, 0) is 74.6 Å². The Bertz CT molecular complexity index is 1650. The minimum absolute atomic E-state index is 0.136. The first-order chi connectivity index (χ1) is 18.2. The Morgan fingerprint density at radius 2 is 1.74 bits per heavy atom. The number of nitrogens with zero attached hydrogens (tertiary/aromatic N) is 4. The average Bonchev–Trinajstić information content (AvgIpc) is 3.48. The van der Waals surface area contributed by atoms with Gasteiger partial charge in [-0.15, -0.1) is 5.10 Å². The van der Waals surface area contributed by atoms with Gasteiger partial charge in [-0.25, -0.2) is 13.9 Å². The number of fused-ring (bicyclic) bond motifs is 3. The van der Waals surface area contributed by atoms with Crippen molar-refractivity contribution in [3.8, 4) is 0 Å². The summed E-state index contributed by atoms with van der Waals surface area (Å²) in [4.78, 5) is 52.7. The third-order valence-electron chi connectivity index (χ3n) is 6.98. The van der Waals surface area contributed by atoms with Crippen molar-refractivity contribution < 1.29 is 9.59 Å². The highest BCUT2D eigenvalue weighted by Crippen LogP contribution is 2.20. The summed E-state index contributed by atoms with van der Waals surface area (Å²) in [5.41, 5.74) is 2.46. The zero-order chi connectivity index (χ0) is 27.0. The van der Waals surface area contributed by atoms with Crippen molar-refractivity contribution in [2.75, 3.05) is 5.32 Å². The Labute approximate surface area is 219 Å².